The zero-order valence-corrected chi connectivity index (χ0v) is 18.7. The molecular weight excluding hydrogens is 435 g/mol. The fraction of sp³-hybridized carbons (Fsp3) is 0.882. The van der Waals surface area contributed by atoms with Gasteiger partial charge >= 0.3 is 0 Å². The van der Waals surface area contributed by atoms with E-state index in [1.807, 2.05) is 18.8 Å². The quantitative estimate of drug-likeness (QED) is 0.393. The van der Waals surface area contributed by atoms with Crippen LogP contribution in [0.3, 0.4) is 0 Å². The normalized spacial score (nSPS) is 24.3. The zero-order chi connectivity index (χ0) is 16.9. The molecule has 2 aliphatic rings. The Morgan fingerprint density at radius 2 is 2.08 bits per heavy atom. The summed E-state index contributed by atoms with van der Waals surface area (Å²) in [4.78, 5) is 21.1. The Balaban J connectivity index is 0.00000288. The minimum absolute atomic E-state index is 0. The topological polar surface area (TPSA) is 47.9 Å². The summed E-state index contributed by atoms with van der Waals surface area (Å²) in [5, 5.41) is 3.38. The Labute approximate surface area is 168 Å². The molecule has 1 N–H and O–H groups in total. The van der Waals surface area contributed by atoms with E-state index in [1.54, 1.807) is 0 Å². The fourth-order valence-corrected chi connectivity index (χ4v) is 4.53. The summed E-state index contributed by atoms with van der Waals surface area (Å²) in [6.45, 7) is 10.3. The van der Waals surface area contributed by atoms with Crippen molar-refractivity contribution in [3.8, 4) is 0 Å². The standard InChI is InChI=1S/C17H32N4OS.HI/c1-14-7-5-6-10-21(14)15(22)8-9-19-16(18-4)20-11-12-23-17(2,3)13-20;/h14H,5-13H2,1-4H3,(H,18,19);1H. The monoisotopic (exact) mass is 468 g/mol. The van der Waals surface area contributed by atoms with E-state index < -0.39 is 0 Å². The largest absolute Gasteiger partial charge is 0.356 e. The molecule has 5 nitrogen and oxygen atoms in total. The van der Waals surface area contributed by atoms with E-state index in [9.17, 15) is 4.79 Å². The van der Waals surface area contributed by atoms with Gasteiger partial charge in [-0.3, -0.25) is 9.79 Å². The summed E-state index contributed by atoms with van der Waals surface area (Å²) in [5.74, 6) is 2.32. The van der Waals surface area contributed by atoms with Gasteiger partial charge in [0.2, 0.25) is 5.91 Å². The number of nitrogens with zero attached hydrogens (tertiary/aromatic N) is 3. The van der Waals surface area contributed by atoms with Gasteiger partial charge in [0.15, 0.2) is 5.96 Å². The van der Waals surface area contributed by atoms with Crippen LogP contribution < -0.4 is 5.32 Å². The highest BCUT2D eigenvalue weighted by Crippen LogP contribution is 2.29. The number of carbonyl (C=O) groups is 1. The lowest BCUT2D eigenvalue weighted by atomic mass is 10.0. The maximum Gasteiger partial charge on any atom is 0.224 e. The number of amides is 1. The van der Waals surface area contributed by atoms with Crippen molar-refractivity contribution < 1.29 is 4.79 Å². The molecule has 1 amide bonds. The van der Waals surface area contributed by atoms with E-state index >= 15 is 0 Å². The molecule has 2 rings (SSSR count). The molecule has 0 bridgehead atoms. The molecule has 7 heteroatoms. The van der Waals surface area contributed by atoms with Gasteiger partial charge < -0.3 is 15.1 Å². The van der Waals surface area contributed by atoms with Crippen LogP contribution in [0.1, 0.15) is 46.5 Å². The Morgan fingerprint density at radius 1 is 1.33 bits per heavy atom. The predicted octanol–water partition coefficient (Wildman–Crippen LogP) is 2.80. The van der Waals surface area contributed by atoms with Crippen LogP contribution in [0.25, 0.3) is 0 Å². The van der Waals surface area contributed by atoms with Gasteiger partial charge in [-0.25, -0.2) is 0 Å². The third kappa shape index (κ3) is 6.28. The smallest absolute Gasteiger partial charge is 0.224 e. The molecule has 0 aromatic heterocycles. The lowest BCUT2D eigenvalue weighted by Gasteiger charge is -2.39. The molecule has 2 fully saturated rings. The Bertz CT molecular complexity index is 444. The van der Waals surface area contributed by atoms with Crippen LogP contribution in [0.5, 0.6) is 0 Å². The van der Waals surface area contributed by atoms with Crippen LogP contribution in [0.4, 0.5) is 0 Å². The van der Waals surface area contributed by atoms with Gasteiger partial charge in [0.1, 0.15) is 0 Å². The fourth-order valence-electron chi connectivity index (χ4n) is 3.42. The van der Waals surface area contributed by atoms with Gasteiger partial charge in [0.25, 0.3) is 0 Å². The molecule has 2 aliphatic heterocycles. The molecule has 1 atom stereocenters. The number of aliphatic imine (C=N–C) groups is 1. The first-order chi connectivity index (χ1) is 10.9. The van der Waals surface area contributed by atoms with Gasteiger partial charge in [0, 0.05) is 56.2 Å². The number of halogens is 1. The second-order valence-electron chi connectivity index (χ2n) is 7.19. The SMILES string of the molecule is CN=C(NCCC(=O)N1CCCCC1C)N1CCSC(C)(C)C1.I. The summed E-state index contributed by atoms with van der Waals surface area (Å²) >= 11 is 2.01. The Kier molecular flexibility index (Phi) is 9.19. The first-order valence-corrected chi connectivity index (χ1v) is 9.80. The van der Waals surface area contributed by atoms with E-state index in [0.717, 1.165) is 44.2 Å². The van der Waals surface area contributed by atoms with Gasteiger partial charge in [-0.05, 0) is 40.0 Å². The third-order valence-electron chi connectivity index (χ3n) is 4.68. The number of guanidine groups is 1. The van der Waals surface area contributed by atoms with Crippen molar-refractivity contribution in [2.75, 3.05) is 39.0 Å². The van der Waals surface area contributed by atoms with Crippen molar-refractivity contribution in [2.45, 2.75) is 57.2 Å². The number of rotatable bonds is 3. The van der Waals surface area contributed by atoms with Crippen LogP contribution in [0, 0.1) is 0 Å². The zero-order valence-electron chi connectivity index (χ0n) is 15.5. The molecule has 0 aromatic rings. The number of nitrogens with one attached hydrogen (secondary N) is 1. The number of likely N-dealkylation sites (tertiary alicyclic amines) is 1. The van der Waals surface area contributed by atoms with E-state index in [1.165, 1.54) is 6.42 Å². The minimum atomic E-state index is 0. The van der Waals surface area contributed by atoms with E-state index in [2.05, 4.69) is 40.9 Å². The molecule has 1 unspecified atom stereocenters. The highest BCUT2D eigenvalue weighted by atomic mass is 127. The van der Waals surface area contributed by atoms with Gasteiger partial charge in [-0.1, -0.05) is 0 Å². The summed E-state index contributed by atoms with van der Waals surface area (Å²) in [5.41, 5.74) is 0. The number of thioether (sulfide) groups is 1. The number of hydrogen-bond donors (Lipinski definition) is 1. The van der Waals surface area contributed by atoms with Gasteiger partial charge in [-0.15, -0.1) is 24.0 Å². The van der Waals surface area contributed by atoms with Gasteiger partial charge in [0.05, 0.1) is 0 Å². The predicted molar refractivity (Wildman–Crippen MR) is 115 cm³/mol. The Morgan fingerprint density at radius 3 is 2.71 bits per heavy atom. The van der Waals surface area contributed by atoms with E-state index in [-0.39, 0.29) is 34.6 Å². The second-order valence-corrected chi connectivity index (χ2v) is 8.99. The van der Waals surface area contributed by atoms with E-state index in [0.29, 0.717) is 19.0 Å². The van der Waals surface area contributed by atoms with Crippen molar-refractivity contribution >= 4 is 47.6 Å². The van der Waals surface area contributed by atoms with Crippen LogP contribution >= 0.6 is 35.7 Å². The lowest BCUT2D eigenvalue weighted by molar-refractivity contribution is -0.134. The molecule has 0 aromatic carbocycles. The minimum Gasteiger partial charge on any atom is -0.356 e. The van der Waals surface area contributed by atoms with E-state index in [4.69, 9.17) is 0 Å². The number of carbonyl (C=O) groups excluding carboxylic acids is 1. The van der Waals surface area contributed by atoms with Crippen LogP contribution in [0.15, 0.2) is 4.99 Å². The van der Waals surface area contributed by atoms with Crippen LogP contribution in [-0.4, -0.2) is 71.4 Å². The molecule has 140 valence electrons. The third-order valence-corrected chi connectivity index (χ3v) is 5.98. The van der Waals surface area contributed by atoms with Crippen molar-refractivity contribution in [1.82, 2.24) is 15.1 Å². The molecule has 0 aliphatic carbocycles. The second kappa shape index (κ2) is 10.1. The maximum absolute atomic E-state index is 12.4. The first kappa shape index (κ1) is 21.9. The summed E-state index contributed by atoms with van der Waals surface area (Å²) in [7, 11) is 1.83. The van der Waals surface area contributed by atoms with Crippen molar-refractivity contribution in [2.24, 2.45) is 4.99 Å². The molecule has 24 heavy (non-hydrogen) atoms. The van der Waals surface area contributed by atoms with Crippen molar-refractivity contribution in [3.63, 3.8) is 0 Å². The molecule has 0 radical (unpaired) electrons. The van der Waals surface area contributed by atoms with Crippen molar-refractivity contribution in [1.29, 1.82) is 0 Å². The molecule has 2 heterocycles. The average molecular weight is 468 g/mol. The van der Waals surface area contributed by atoms with Crippen LogP contribution in [0.2, 0.25) is 0 Å². The van der Waals surface area contributed by atoms with Crippen molar-refractivity contribution in [3.05, 3.63) is 0 Å². The molecule has 0 saturated carbocycles. The van der Waals surface area contributed by atoms with Gasteiger partial charge in [-0.2, -0.15) is 11.8 Å². The lowest BCUT2D eigenvalue weighted by Crippen LogP contribution is -2.51. The number of piperidine rings is 1. The summed E-state index contributed by atoms with van der Waals surface area (Å²) in [6.07, 6.45) is 4.08. The first-order valence-electron chi connectivity index (χ1n) is 8.82. The average Bonchev–Trinajstić information content (AvgIpc) is 2.50. The van der Waals surface area contributed by atoms with Crippen LogP contribution in [-0.2, 0) is 4.79 Å². The summed E-state index contributed by atoms with van der Waals surface area (Å²) < 4.78 is 0.259. The Hall–Kier alpha value is -0.180. The molecule has 2 saturated heterocycles. The maximum atomic E-state index is 12.4. The number of hydrogen-bond acceptors (Lipinski definition) is 3. The molecule has 0 spiro atoms. The summed E-state index contributed by atoms with van der Waals surface area (Å²) in [6, 6.07) is 0.399. The molecular formula is C17H33IN4OS. The highest BCUT2D eigenvalue weighted by molar-refractivity contribution is 14.0. The highest BCUT2D eigenvalue weighted by Gasteiger charge is 2.29.